The van der Waals surface area contributed by atoms with Crippen molar-refractivity contribution in [1.29, 1.82) is 0 Å². The Bertz CT molecular complexity index is 924. The molecule has 1 atom stereocenters. The topological polar surface area (TPSA) is 73.9 Å². The van der Waals surface area contributed by atoms with Crippen molar-refractivity contribution in [2.24, 2.45) is 0 Å². The van der Waals surface area contributed by atoms with E-state index in [1.54, 1.807) is 36.4 Å². The van der Waals surface area contributed by atoms with E-state index in [0.29, 0.717) is 35.6 Å². The second-order valence-electron chi connectivity index (χ2n) is 7.38. The lowest BCUT2D eigenvalue weighted by molar-refractivity contribution is -0.159. The van der Waals surface area contributed by atoms with E-state index >= 15 is 0 Å². The zero-order chi connectivity index (χ0) is 21.7. The van der Waals surface area contributed by atoms with Gasteiger partial charge < -0.3 is 19.5 Å². The lowest BCUT2D eigenvalue weighted by atomic mass is 9.78. The third-order valence-corrected chi connectivity index (χ3v) is 5.54. The van der Waals surface area contributed by atoms with Gasteiger partial charge in [-0.2, -0.15) is 0 Å². The highest BCUT2D eigenvalue weighted by Gasteiger charge is 2.46. The van der Waals surface area contributed by atoms with Crippen molar-refractivity contribution in [2.75, 3.05) is 19.5 Å². The molecule has 0 aliphatic heterocycles. The summed E-state index contributed by atoms with van der Waals surface area (Å²) in [6.45, 7) is 1.50. The largest absolute Gasteiger partial charge is 0.493 e. The van der Waals surface area contributed by atoms with E-state index in [9.17, 15) is 14.0 Å². The average Bonchev–Trinajstić information content (AvgIpc) is 3.25. The number of anilines is 1. The summed E-state index contributed by atoms with van der Waals surface area (Å²) in [6, 6.07) is 11.2. The number of hydrogen-bond acceptors (Lipinski definition) is 5. The molecule has 2 aromatic carbocycles. The van der Waals surface area contributed by atoms with Gasteiger partial charge in [0.1, 0.15) is 5.82 Å². The van der Waals surface area contributed by atoms with Gasteiger partial charge in [-0.1, -0.05) is 31.0 Å². The van der Waals surface area contributed by atoms with Crippen LogP contribution in [0.2, 0.25) is 0 Å². The quantitative estimate of drug-likeness (QED) is 0.686. The Kier molecular flexibility index (Phi) is 6.59. The van der Waals surface area contributed by atoms with Crippen LogP contribution in [0.5, 0.6) is 11.5 Å². The Morgan fingerprint density at radius 3 is 2.33 bits per heavy atom. The summed E-state index contributed by atoms with van der Waals surface area (Å²) in [4.78, 5) is 25.7. The SMILES string of the molecule is COc1ccc(NC(=O)[C@H](C)OC(=O)C2(c3ccccc3F)CCCC2)cc1OC. The molecule has 0 aromatic heterocycles. The van der Waals surface area contributed by atoms with Gasteiger partial charge in [0.05, 0.1) is 19.6 Å². The number of halogens is 1. The molecule has 0 unspecified atom stereocenters. The van der Waals surface area contributed by atoms with Crippen LogP contribution in [0.4, 0.5) is 10.1 Å². The molecule has 0 heterocycles. The number of methoxy groups -OCH3 is 2. The summed E-state index contributed by atoms with van der Waals surface area (Å²) in [7, 11) is 3.02. The minimum atomic E-state index is -1.05. The standard InChI is InChI=1S/C23H26FNO5/c1-15(21(26)25-16-10-11-19(28-2)20(14-16)29-3)30-22(27)23(12-6-7-13-23)17-8-4-5-9-18(17)24/h4-5,8-11,14-15H,6-7,12-13H2,1-3H3,(H,25,26)/t15-/m0/s1. The van der Waals surface area contributed by atoms with Crippen LogP contribution in [-0.2, 0) is 19.7 Å². The third-order valence-electron chi connectivity index (χ3n) is 5.54. The first kappa shape index (κ1) is 21.6. The molecule has 0 spiro atoms. The number of esters is 1. The second-order valence-corrected chi connectivity index (χ2v) is 7.38. The van der Waals surface area contributed by atoms with Crippen LogP contribution in [0, 0.1) is 5.82 Å². The molecule has 30 heavy (non-hydrogen) atoms. The van der Waals surface area contributed by atoms with Gasteiger partial charge in [-0.3, -0.25) is 9.59 Å². The smallest absolute Gasteiger partial charge is 0.317 e. The van der Waals surface area contributed by atoms with Crippen molar-refractivity contribution in [3.8, 4) is 11.5 Å². The number of ether oxygens (including phenoxy) is 3. The molecular formula is C23H26FNO5. The molecule has 0 radical (unpaired) electrons. The van der Waals surface area contributed by atoms with Gasteiger partial charge in [0.15, 0.2) is 17.6 Å². The third kappa shape index (κ3) is 4.25. The van der Waals surface area contributed by atoms with E-state index in [4.69, 9.17) is 14.2 Å². The van der Waals surface area contributed by atoms with Crippen molar-refractivity contribution in [3.63, 3.8) is 0 Å². The molecule has 3 rings (SSSR count). The van der Waals surface area contributed by atoms with Crippen LogP contribution in [-0.4, -0.2) is 32.2 Å². The number of amides is 1. The van der Waals surface area contributed by atoms with Crippen LogP contribution in [0.3, 0.4) is 0 Å². The molecular weight excluding hydrogens is 389 g/mol. The van der Waals surface area contributed by atoms with Crippen LogP contribution < -0.4 is 14.8 Å². The van der Waals surface area contributed by atoms with Crippen molar-refractivity contribution in [3.05, 3.63) is 53.8 Å². The minimum absolute atomic E-state index is 0.333. The monoisotopic (exact) mass is 415 g/mol. The predicted molar refractivity (Wildman–Crippen MR) is 110 cm³/mol. The first-order chi connectivity index (χ1) is 14.4. The second kappa shape index (κ2) is 9.15. The molecule has 6 nitrogen and oxygen atoms in total. The number of carbonyl (C=O) groups is 2. The maximum Gasteiger partial charge on any atom is 0.317 e. The van der Waals surface area contributed by atoms with Gasteiger partial charge in [0.25, 0.3) is 5.91 Å². The summed E-state index contributed by atoms with van der Waals surface area (Å²) in [6.07, 6.45) is 1.55. The van der Waals surface area contributed by atoms with Crippen molar-refractivity contribution in [1.82, 2.24) is 0 Å². The highest BCUT2D eigenvalue weighted by atomic mass is 19.1. The highest BCUT2D eigenvalue weighted by Crippen LogP contribution is 2.43. The van der Waals surface area contributed by atoms with Crippen LogP contribution in [0.25, 0.3) is 0 Å². The van der Waals surface area contributed by atoms with Gasteiger partial charge in [-0.05, 0) is 38.0 Å². The summed E-state index contributed by atoms with van der Waals surface area (Å²) < 4.78 is 30.4. The summed E-state index contributed by atoms with van der Waals surface area (Å²) in [5, 5.41) is 2.70. The zero-order valence-corrected chi connectivity index (χ0v) is 17.4. The van der Waals surface area contributed by atoms with Crippen LogP contribution >= 0.6 is 0 Å². The first-order valence-corrected chi connectivity index (χ1v) is 9.90. The molecule has 1 N–H and O–H groups in total. The van der Waals surface area contributed by atoms with Gasteiger partial charge in [0.2, 0.25) is 0 Å². The van der Waals surface area contributed by atoms with E-state index in [1.165, 1.54) is 27.2 Å². The molecule has 160 valence electrons. The molecule has 0 bridgehead atoms. The molecule has 1 saturated carbocycles. The zero-order valence-electron chi connectivity index (χ0n) is 17.4. The van der Waals surface area contributed by atoms with Crippen LogP contribution in [0.15, 0.2) is 42.5 Å². The van der Waals surface area contributed by atoms with E-state index < -0.39 is 29.2 Å². The predicted octanol–water partition coefficient (Wildman–Crippen LogP) is 4.23. The Morgan fingerprint density at radius 2 is 1.70 bits per heavy atom. The normalized spacial score (nSPS) is 15.9. The fourth-order valence-corrected chi connectivity index (χ4v) is 3.90. The van der Waals surface area contributed by atoms with E-state index in [2.05, 4.69) is 5.32 Å². The number of benzene rings is 2. The average molecular weight is 415 g/mol. The van der Waals surface area contributed by atoms with Crippen molar-refractivity contribution < 1.29 is 28.2 Å². The lowest BCUT2D eigenvalue weighted by Crippen LogP contribution is -2.40. The lowest BCUT2D eigenvalue weighted by Gasteiger charge is -2.29. The maximum atomic E-state index is 14.5. The van der Waals surface area contributed by atoms with Crippen molar-refractivity contribution >= 4 is 17.6 Å². The Labute approximate surface area is 175 Å². The number of hydrogen-bond donors (Lipinski definition) is 1. The number of rotatable bonds is 7. The van der Waals surface area contributed by atoms with E-state index in [-0.39, 0.29) is 0 Å². The van der Waals surface area contributed by atoms with E-state index in [1.807, 2.05) is 0 Å². The Hall–Kier alpha value is -3.09. The number of nitrogens with one attached hydrogen (secondary N) is 1. The molecule has 1 aliphatic rings. The van der Waals surface area contributed by atoms with Crippen LogP contribution in [0.1, 0.15) is 38.2 Å². The fourth-order valence-electron chi connectivity index (χ4n) is 3.90. The molecule has 1 aliphatic carbocycles. The first-order valence-electron chi connectivity index (χ1n) is 9.90. The van der Waals surface area contributed by atoms with Gasteiger partial charge >= 0.3 is 5.97 Å². The van der Waals surface area contributed by atoms with Gasteiger partial charge in [-0.15, -0.1) is 0 Å². The molecule has 0 saturated heterocycles. The summed E-state index contributed by atoms with van der Waals surface area (Å²) in [5.41, 5.74) is -0.242. The van der Waals surface area contributed by atoms with Gasteiger partial charge in [0, 0.05) is 17.3 Å². The molecule has 1 fully saturated rings. The minimum Gasteiger partial charge on any atom is -0.493 e. The maximum absolute atomic E-state index is 14.5. The molecule has 1 amide bonds. The number of carbonyl (C=O) groups excluding carboxylic acids is 2. The summed E-state index contributed by atoms with van der Waals surface area (Å²) in [5.74, 6) is -0.497. The van der Waals surface area contributed by atoms with Gasteiger partial charge in [-0.25, -0.2) is 4.39 Å². The van der Waals surface area contributed by atoms with Crippen molar-refractivity contribution in [2.45, 2.75) is 44.1 Å². The Morgan fingerprint density at radius 1 is 1.03 bits per heavy atom. The van der Waals surface area contributed by atoms with E-state index in [0.717, 1.165) is 12.8 Å². The Balaban J connectivity index is 1.73. The molecule has 2 aromatic rings. The molecule has 7 heteroatoms. The highest BCUT2D eigenvalue weighted by molar-refractivity contribution is 5.96. The fraction of sp³-hybridized carbons (Fsp3) is 0.391. The summed E-state index contributed by atoms with van der Waals surface area (Å²) >= 11 is 0.